The van der Waals surface area contributed by atoms with Gasteiger partial charge in [-0.3, -0.25) is 4.90 Å². The van der Waals surface area contributed by atoms with E-state index in [2.05, 4.69) is 64.6 Å². The Morgan fingerprint density at radius 3 is 2.50 bits per heavy atom. The van der Waals surface area contributed by atoms with Gasteiger partial charge in [0.05, 0.1) is 5.69 Å². The van der Waals surface area contributed by atoms with Crippen molar-refractivity contribution in [2.24, 2.45) is 5.73 Å². The SMILES string of the molecule is NCCN(CCc1ccccc1)Cc1cccc(-n2cccn2)c1. The van der Waals surface area contributed by atoms with Crippen LogP contribution >= 0.6 is 0 Å². The molecule has 0 radical (unpaired) electrons. The number of rotatable bonds is 8. The van der Waals surface area contributed by atoms with Crippen LogP contribution in [0.1, 0.15) is 11.1 Å². The highest BCUT2D eigenvalue weighted by Crippen LogP contribution is 2.12. The zero-order chi connectivity index (χ0) is 16.6. The lowest BCUT2D eigenvalue weighted by molar-refractivity contribution is 0.276. The van der Waals surface area contributed by atoms with Gasteiger partial charge in [-0.05, 0) is 35.7 Å². The van der Waals surface area contributed by atoms with Gasteiger partial charge in [0.25, 0.3) is 0 Å². The Balaban J connectivity index is 1.65. The average molecular weight is 320 g/mol. The first-order valence-electron chi connectivity index (χ1n) is 8.40. The van der Waals surface area contributed by atoms with E-state index in [9.17, 15) is 0 Å². The van der Waals surface area contributed by atoms with E-state index in [1.807, 2.05) is 16.9 Å². The minimum atomic E-state index is 0.674. The molecule has 0 aliphatic heterocycles. The van der Waals surface area contributed by atoms with Crippen molar-refractivity contribution in [2.45, 2.75) is 13.0 Å². The molecule has 1 heterocycles. The summed E-state index contributed by atoms with van der Waals surface area (Å²) in [5, 5.41) is 4.30. The minimum Gasteiger partial charge on any atom is -0.329 e. The highest BCUT2D eigenvalue weighted by Gasteiger charge is 2.07. The Hall–Kier alpha value is -2.43. The Labute approximate surface area is 143 Å². The van der Waals surface area contributed by atoms with E-state index < -0.39 is 0 Å². The molecule has 3 aromatic rings. The maximum atomic E-state index is 5.80. The van der Waals surface area contributed by atoms with Crippen molar-refractivity contribution in [3.63, 3.8) is 0 Å². The van der Waals surface area contributed by atoms with E-state index in [-0.39, 0.29) is 0 Å². The van der Waals surface area contributed by atoms with E-state index in [0.29, 0.717) is 6.54 Å². The monoisotopic (exact) mass is 320 g/mol. The number of nitrogens with zero attached hydrogens (tertiary/aromatic N) is 3. The fourth-order valence-electron chi connectivity index (χ4n) is 2.86. The van der Waals surface area contributed by atoms with Gasteiger partial charge in [0.15, 0.2) is 0 Å². The molecular formula is C20H24N4. The summed E-state index contributed by atoms with van der Waals surface area (Å²) in [4.78, 5) is 2.41. The molecule has 4 nitrogen and oxygen atoms in total. The zero-order valence-corrected chi connectivity index (χ0v) is 13.9. The summed E-state index contributed by atoms with van der Waals surface area (Å²) in [6, 6.07) is 21.1. The second kappa shape index (κ2) is 8.43. The van der Waals surface area contributed by atoms with Crippen LogP contribution < -0.4 is 5.73 Å². The number of nitrogens with two attached hydrogens (primary N) is 1. The number of benzene rings is 2. The van der Waals surface area contributed by atoms with Gasteiger partial charge in [-0.1, -0.05) is 42.5 Å². The first-order valence-corrected chi connectivity index (χ1v) is 8.40. The Morgan fingerprint density at radius 1 is 0.917 bits per heavy atom. The second-order valence-electron chi connectivity index (χ2n) is 5.92. The zero-order valence-electron chi connectivity index (χ0n) is 13.9. The molecule has 0 fully saturated rings. The predicted octanol–water partition coefficient (Wildman–Crippen LogP) is 2.88. The maximum Gasteiger partial charge on any atom is 0.0648 e. The summed E-state index contributed by atoms with van der Waals surface area (Å²) >= 11 is 0. The standard InChI is InChI=1S/C20H24N4/c21-11-15-23(14-10-18-6-2-1-3-7-18)17-19-8-4-9-20(16-19)24-13-5-12-22-24/h1-9,12-13,16H,10-11,14-15,17,21H2. The fraction of sp³-hybridized carbons (Fsp3) is 0.250. The molecule has 0 amide bonds. The largest absolute Gasteiger partial charge is 0.329 e. The molecular weight excluding hydrogens is 296 g/mol. The van der Waals surface area contributed by atoms with E-state index in [0.717, 1.165) is 31.7 Å². The van der Waals surface area contributed by atoms with Crippen LogP contribution in [0, 0.1) is 0 Å². The summed E-state index contributed by atoms with van der Waals surface area (Å²) in [6.07, 6.45) is 4.80. The van der Waals surface area contributed by atoms with Crippen molar-refractivity contribution in [3.05, 3.63) is 84.2 Å². The summed E-state index contributed by atoms with van der Waals surface area (Å²) in [7, 11) is 0. The lowest BCUT2D eigenvalue weighted by Crippen LogP contribution is -2.31. The van der Waals surface area contributed by atoms with Crippen LogP contribution in [0.2, 0.25) is 0 Å². The van der Waals surface area contributed by atoms with E-state index >= 15 is 0 Å². The van der Waals surface area contributed by atoms with Crippen molar-refractivity contribution < 1.29 is 0 Å². The molecule has 0 aliphatic carbocycles. The third kappa shape index (κ3) is 4.54. The van der Waals surface area contributed by atoms with E-state index in [4.69, 9.17) is 5.73 Å². The van der Waals surface area contributed by atoms with Gasteiger partial charge in [-0.2, -0.15) is 5.10 Å². The smallest absolute Gasteiger partial charge is 0.0648 e. The van der Waals surface area contributed by atoms with Crippen molar-refractivity contribution >= 4 is 0 Å². The van der Waals surface area contributed by atoms with Crippen molar-refractivity contribution in [1.29, 1.82) is 0 Å². The number of hydrogen-bond donors (Lipinski definition) is 1. The third-order valence-corrected chi connectivity index (χ3v) is 4.09. The molecule has 0 saturated heterocycles. The van der Waals surface area contributed by atoms with Crippen LogP contribution in [0.15, 0.2) is 73.1 Å². The van der Waals surface area contributed by atoms with Gasteiger partial charge >= 0.3 is 0 Å². The molecule has 4 heteroatoms. The van der Waals surface area contributed by atoms with Crippen LogP contribution in [-0.4, -0.2) is 34.3 Å². The highest BCUT2D eigenvalue weighted by atomic mass is 15.3. The Morgan fingerprint density at radius 2 is 1.75 bits per heavy atom. The topological polar surface area (TPSA) is 47.1 Å². The molecule has 1 aromatic heterocycles. The lowest BCUT2D eigenvalue weighted by atomic mass is 10.1. The average Bonchev–Trinajstić information content (AvgIpc) is 3.16. The molecule has 0 spiro atoms. The molecule has 0 atom stereocenters. The first-order chi connectivity index (χ1) is 11.8. The fourth-order valence-corrected chi connectivity index (χ4v) is 2.86. The van der Waals surface area contributed by atoms with Crippen LogP contribution in [0.4, 0.5) is 0 Å². The number of hydrogen-bond acceptors (Lipinski definition) is 3. The van der Waals surface area contributed by atoms with Crippen LogP contribution in [0.25, 0.3) is 5.69 Å². The molecule has 0 saturated carbocycles. The summed E-state index contributed by atoms with van der Waals surface area (Å²) in [5.41, 5.74) is 9.54. The Kier molecular flexibility index (Phi) is 5.77. The molecule has 3 rings (SSSR count). The normalized spacial score (nSPS) is 11.1. The Bertz CT molecular complexity index is 722. The number of aromatic nitrogens is 2. The lowest BCUT2D eigenvalue weighted by Gasteiger charge is -2.22. The molecule has 2 N–H and O–H groups in total. The minimum absolute atomic E-state index is 0.674. The summed E-state index contributed by atoms with van der Waals surface area (Å²) in [6.45, 7) is 3.48. The molecule has 0 aliphatic rings. The quantitative estimate of drug-likeness (QED) is 0.694. The van der Waals surface area contributed by atoms with Gasteiger partial charge in [0.1, 0.15) is 0 Å². The van der Waals surface area contributed by atoms with Crippen molar-refractivity contribution in [1.82, 2.24) is 14.7 Å². The second-order valence-corrected chi connectivity index (χ2v) is 5.92. The highest BCUT2D eigenvalue weighted by molar-refractivity contribution is 5.35. The van der Waals surface area contributed by atoms with Gasteiger partial charge in [-0.15, -0.1) is 0 Å². The van der Waals surface area contributed by atoms with Crippen molar-refractivity contribution in [2.75, 3.05) is 19.6 Å². The molecule has 0 unspecified atom stereocenters. The molecule has 2 aromatic carbocycles. The third-order valence-electron chi connectivity index (χ3n) is 4.09. The van der Waals surface area contributed by atoms with Crippen LogP contribution in [0.5, 0.6) is 0 Å². The van der Waals surface area contributed by atoms with Crippen molar-refractivity contribution in [3.8, 4) is 5.69 Å². The molecule has 0 bridgehead atoms. The van der Waals surface area contributed by atoms with Crippen LogP contribution in [0.3, 0.4) is 0 Å². The summed E-state index contributed by atoms with van der Waals surface area (Å²) in [5.74, 6) is 0. The van der Waals surface area contributed by atoms with Gasteiger partial charge in [-0.25, -0.2) is 4.68 Å². The van der Waals surface area contributed by atoms with Gasteiger partial charge in [0.2, 0.25) is 0 Å². The van der Waals surface area contributed by atoms with E-state index in [1.165, 1.54) is 11.1 Å². The predicted molar refractivity (Wildman–Crippen MR) is 98.0 cm³/mol. The van der Waals surface area contributed by atoms with Gasteiger partial charge < -0.3 is 5.73 Å². The van der Waals surface area contributed by atoms with E-state index in [1.54, 1.807) is 6.20 Å². The van der Waals surface area contributed by atoms with Gasteiger partial charge in [0, 0.05) is 38.6 Å². The molecule has 24 heavy (non-hydrogen) atoms. The van der Waals surface area contributed by atoms with Crippen LogP contribution in [-0.2, 0) is 13.0 Å². The first kappa shape index (κ1) is 16.4. The maximum absolute atomic E-state index is 5.80. The summed E-state index contributed by atoms with van der Waals surface area (Å²) < 4.78 is 1.89. The molecule has 124 valence electrons.